The maximum atomic E-state index is 5.61. The van der Waals surface area contributed by atoms with E-state index in [2.05, 4.69) is 58.4 Å². The molecule has 1 aliphatic heterocycles. The maximum Gasteiger partial charge on any atom is 0.231 e. The van der Waals surface area contributed by atoms with Crippen LogP contribution in [0.2, 0.25) is 0 Å². The fourth-order valence-corrected chi connectivity index (χ4v) is 4.97. The minimum atomic E-state index is 0.278. The number of rotatable bonds is 1. The van der Waals surface area contributed by atoms with Gasteiger partial charge in [0.1, 0.15) is 0 Å². The van der Waals surface area contributed by atoms with Crippen LogP contribution in [0.3, 0.4) is 0 Å². The summed E-state index contributed by atoms with van der Waals surface area (Å²) >= 11 is 3.72. The van der Waals surface area contributed by atoms with Gasteiger partial charge in [-0.3, -0.25) is 0 Å². The normalized spacial score (nSPS) is 14.9. The predicted molar refractivity (Wildman–Crippen MR) is 111 cm³/mol. The average Bonchev–Trinajstić information content (AvgIpc) is 3.35. The number of benzene rings is 3. The summed E-state index contributed by atoms with van der Waals surface area (Å²) in [5, 5.41) is 3.90. The molecule has 0 bridgehead atoms. The monoisotopic (exact) mass is 417 g/mol. The van der Waals surface area contributed by atoms with Crippen LogP contribution in [0.15, 0.2) is 53.0 Å². The highest BCUT2D eigenvalue weighted by Gasteiger charge is 2.25. The molecule has 0 saturated heterocycles. The summed E-state index contributed by atoms with van der Waals surface area (Å²) in [6, 6.07) is 17.0. The van der Waals surface area contributed by atoms with E-state index >= 15 is 0 Å². The molecular formula is C23H16BrNO2. The molecule has 2 aliphatic rings. The zero-order valence-electron chi connectivity index (χ0n) is 14.6. The van der Waals surface area contributed by atoms with E-state index in [9.17, 15) is 0 Å². The molecule has 0 fully saturated rings. The van der Waals surface area contributed by atoms with Crippen LogP contribution >= 0.6 is 15.9 Å². The van der Waals surface area contributed by atoms with Gasteiger partial charge in [-0.05, 0) is 75.3 Å². The molecule has 6 rings (SSSR count). The molecule has 132 valence electrons. The molecule has 4 heteroatoms. The molecule has 0 radical (unpaired) electrons. The number of hydrogen-bond donors (Lipinski definition) is 0. The van der Waals surface area contributed by atoms with Crippen LogP contribution in [0.25, 0.3) is 32.9 Å². The average molecular weight is 418 g/mol. The second kappa shape index (κ2) is 5.70. The summed E-state index contributed by atoms with van der Waals surface area (Å²) in [5.41, 5.74) is 6.03. The van der Waals surface area contributed by atoms with Gasteiger partial charge in [0, 0.05) is 15.4 Å². The van der Waals surface area contributed by atoms with E-state index in [1.165, 1.54) is 33.7 Å². The summed E-state index contributed by atoms with van der Waals surface area (Å²) < 4.78 is 12.1. The minimum Gasteiger partial charge on any atom is -0.454 e. The van der Waals surface area contributed by atoms with E-state index in [0.717, 1.165) is 45.6 Å². The maximum absolute atomic E-state index is 5.61. The fraction of sp³-hybridized carbons (Fsp3) is 0.174. The molecule has 27 heavy (non-hydrogen) atoms. The molecule has 0 spiro atoms. The van der Waals surface area contributed by atoms with Gasteiger partial charge in [0.2, 0.25) is 6.79 Å². The molecule has 0 saturated carbocycles. The van der Waals surface area contributed by atoms with E-state index in [4.69, 9.17) is 14.5 Å². The predicted octanol–water partition coefficient (Wildman–Crippen LogP) is 6.03. The Bertz CT molecular complexity index is 1250. The molecule has 0 unspecified atom stereocenters. The molecule has 3 aromatic carbocycles. The van der Waals surface area contributed by atoms with E-state index < -0.39 is 0 Å². The van der Waals surface area contributed by atoms with Gasteiger partial charge in [0.25, 0.3) is 0 Å². The Morgan fingerprint density at radius 3 is 2.63 bits per heavy atom. The van der Waals surface area contributed by atoms with Crippen molar-refractivity contribution in [1.82, 2.24) is 4.98 Å². The Kier molecular flexibility index (Phi) is 3.27. The Labute approximate surface area is 165 Å². The number of ether oxygens (including phenoxy) is 2. The molecule has 0 N–H and O–H groups in total. The summed E-state index contributed by atoms with van der Waals surface area (Å²) in [6.07, 6.45) is 3.35. The summed E-state index contributed by atoms with van der Waals surface area (Å²) in [4.78, 5) is 5.13. The van der Waals surface area contributed by atoms with Crippen molar-refractivity contribution in [3.8, 4) is 22.8 Å². The first-order chi connectivity index (χ1) is 13.3. The lowest BCUT2D eigenvalue weighted by molar-refractivity contribution is 0.174. The molecular weight excluding hydrogens is 402 g/mol. The zero-order valence-corrected chi connectivity index (χ0v) is 16.2. The Balaban J connectivity index is 1.69. The van der Waals surface area contributed by atoms with Crippen LogP contribution in [0.1, 0.15) is 17.5 Å². The number of hydrogen-bond acceptors (Lipinski definition) is 3. The largest absolute Gasteiger partial charge is 0.454 e. The van der Waals surface area contributed by atoms with Crippen LogP contribution in [-0.4, -0.2) is 11.8 Å². The smallest absolute Gasteiger partial charge is 0.231 e. The molecule has 0 atom stereocenters. The number of pyridine rings is 1. The van der Waals surface area contributed by atoms with Crippen LogP contribution in [0.5, 0.6) is 11.5 Å². The van der Waals surface area contributed by atoms with Gasteiger partial charge in [0.15, 0.2) is 11.5 Å². The zero-order chi connectivity index (χ0) is 18.0. The van der Waals surface area contributed by atoms with E-state index in [-0.39, 0.29) is 6.79 Å². The number of nitrogens with zero attached hydrogens (tertiary/aromatic N) is 1. The van der Waals surface area contributed by atoms with Gasteiger partial charge in [-0.2, -0.15) is 0 Å². The Morgan fingerprint density at radius 2 is 1.70 bits per heavy atom. The van der Waals surface area contributed by atoms with Crippen molar-refractivity contribution in [1.29, 1.82) is 0 Å². The second-order valence-corrected chi connectivity index (χ2v) is 7.99. The number of aryl methyl sites for hydroxylation is 1. The van der Waals surface area contributed by atoms with Gasteiger partial charge >= 0.3 is 0 Å². The third-order valence-corrected chi connectivity index (χ3v) is 6.32. The van der Waals surface area contributed by atoms with Crippen molar-refractivity contribution in [2.75, 3.05) is 6.79 Å². The molecule has 3 nitrogen and oxygen atoms in total. The van der Waals surface area contributed by atoms with Crippen molar-refractivity contribution >= 4 is 37.6 Å². The van der Waals surface area contributed by atoms with Crippen molar-refractivity contribution in [2.24, 2.45) is 0 Å². The highest BCUT2D eigenvalue weighted by atomic mass is 79.9. The van der Waals surface area contributed by atoms with Gasteiger partial charge in [0.05, 0.1) is 11.2 Å². The molecule has 0 amide bonds. The van der Waals surface area contributed by atoms with Gasteiger partial charge in [-0.15, -0.1) is 0 Å². The second-order valence-electron chi connectivity index (χ2n) is 7.14. The van der Waals surface area contributed by atoms with Crippen molar-refractivity contribution < 1.29 is 9.47 Å². The van der Waals surface area contributed by atoms with Crippen LogP contribution < -0.4 is 9.47 Å². The van der Waals surface area contributed by atoms with Gasteiger partial charge in [-0.25, -0.2) is 4.98 Å². The fourth-order valence-electron chi connectivity index (χ4n) is 4.46. The summed E-state index contributed by atoms with van der Waals surface area (Å²) in [5.74, 6) is 1.58. The quantitative estimate of drug-likeness (QED) is 0.354. The lowest BCUT2D eigenvalue weighted by atomic mass is 9.95. The molecule has 1 aliphatic carbocycles. The van der Waals surface area contributed by atoms with Crippen LogP contribution in [-0.2, 0) is 12.8 Å². The van der Waals surface area contributed by atoms with Crippen molar-refractivity contribution in [2.45, 2.75) is 19.3 Å². The third-order valence-electron chi connectivity index (χ3n) is 5.66. The third kappa shape index (κ3) is 2.23. The first kappa shape index (κ1) is 15.5. The number of halogens is 1. The lowest BCUT2D eigenvalue weighted by Crippen LogP contribution is -1.97. The van der Waals surface area contributed by atoms with Crippen LogP contribution in [0, 0.1) is 0 Å². The highest BCUT2D eigenvalue weighted by molar-refractivity contribution is 9.10. The summed E-state index contributed by atoms with van der Waals surface area (Å²) in [7, 11) is 0. The standard InChI is InChI=1S/C23H16BrNO2/c24-18-11-21-20(26-12-27-21)10-17(18)23-16-7-3-6-15(16)22-14-5-2-1-4-13(14)8-9-19(22)25-23/h1-2,4-5,8-11H,3,6-7,12H2. The number of fused-ring (bicyclic) bond motifs is 6. The highest BCUT2D eigenvalue weighted by Crippen LogP contribution is 2.44. The van der Waals surface area contributed by atoms with Crippen LogP contribution in [0.4, 0.5) is 0 Å². The van der Waals surface area contributed by atoms with Gasteiger partial charge in [-0.1, -0.05) is 30.3 Å². The number of aromatic nitrogens is 1. The molecule has 1 aromatic heterocycles. The van der Waals surface area contributed by atoms with Gasteiger partial charge < -0.3 is 9.47 Å². The van der Waals surface area contributed by atoms with E-state index in [1.807, 2.05) is 6.07 Å². The first-order valence-electron chi connectivity index (χ1n) is 9.22. The molecule has 2 heterocycles. The van der Waals surface area contributed by atoms with Crippen molar-refractivity contribution in [3.05, 3.63) is 64.1 Å². The molecule has 4 aromatic rings. The minimum absolute atomic E-state index is 0.278. The Morgan fingerprint density at radius 1 is 0.889 bits per heavy atom. The van der Waals surface area contributed by atoms with E-state index in [1.54, 1.807) is 0 Å². The van der Waals surface area contributed by atoms with Crippen molar-refractivity contribution in [3.63, 3.8) is 0 Å². The topological polar surface area (TPSA) is 31.4 Å². The first-order valence-corrected chi connectivity index (χ1v) is 10.0. The van der Waals surface area contributed by atoms with E-state index in [0.29, 0.717) is 0 Å². The summed E-state index contributed by atoms with van der Waals surface area (Å²) in [6.45, 7) is 0.278. The SMILES string of the molecule is Brc1cc2c(cc1-c1nc3ccc4ccccc4c3c3c1CCC3)OCO2. The Hall–Kier alpha value is -2.59. The lowest BCUT2D eigenvalue weighted by Gasteiger charge is -2.15.